The minimum Gasteiger partial charge on any atom is -0.489 e. The molecule has 0 saturated heterocycles. The largest absolute Gasteiger partial charge is 0.489 e. The van der Waals surface area contributed by atoms with Gasteiger partial charge < -0.3 is 9.47 Å². The lowest BCUT2D eigenvalue weighted by molar-refractivity contribution is 0.0496. The molecule has 0 fully saturated rings. The Kier molecular flexibility index (Phi) is 6.06. The van der Waals surface area contributed by atoms with Gasteiger partial charge in [-0.15, -0.1) is 0 Å². The van der Waals surface area contributed by atoms with E-state index in [0.717, 1.165) is 11.3 Å². The Morgan fingerprint density at radius 3 is 2.70 bits per heavy atom. The van der Waals surface area contributed by atoms with E-state index in [2.05, 4.69) is 17.4 Å². The Bertz CT molecular complexity index is 453. The van der Waals surface area contributed by atoms with Crippen LogP contribution in [-0.4, -0.2) is 18.3 Å². The van der Waals surface area contributed by atoms with Crippen LogP contribution in [0.25, 0.3) is 0 Å². The van der Waals surface area contributed by atoms with Crippen LogP contribution in [0.2, 0.25) is 0 Å². The Hall–Kier alpha value is -2.01. The fourth-order valence-electron chi connectivity index (χ4n) is 1.45. The van der Waals surface area contributed by atoms with E-state index >= 15 is 0 Å². The van der Waals surface area contributed by atoms with Gasteiger partial charge in [0.1, 0.15) is 18.0 Å². The van der Waals surface area contributed by atoms with E-state index in [-0.39, 0.29) is 0 Å². The molecular weight excluding hydrogens is 256 g/mol. The second-order valence-corrected chi connectivity index (χ2v) is 5.19. The number of ether oxygens (including phenoxy) is 2. The number of hydrazine groups is 1. The van der Waals surface area contributed by atoms with Crippen LogP contribution >= 0.6 is 0 Å². The molecule has 1 aromatic rings. The molecule has 0 saturated carbocycles. The maximum absolute atomic E-state index is 11.5. The maximum atomic E-state index is 11.5. The van der Waals surface area contributed by atoms with Gasteiger partial charge in [0.15, 0.2) is 0 Å². The fraction of sp³-hybridized carbons (Fsp3) is 0.400. The average molecular weight is 278 g/mol. The number of amides is 1. The SMILES string of the molecule is C=CCOc1ccccc1CNNC(=O)OC(C)(C)C. The number of carbonyl (C=O) groups excluding carboxylic acids is 1. The van der Waals surface area contributed by atoms with Crippen molar-refractivity contribution in [2.24, 2.45) is 0 Å². The highest BCUT2D eigenvalue weighted by Crippen LogP contribution is 2.17. The molecule has 5 nitrogen and oxygen atoms in total. The average Bonchev–Trinajstić information content (AvgIpc) is 2.35. The number of para-hydroxylation sites is 1. The van der Waals surface area contributed by atoms with Gasteiger partial charge in [0.2, 0.25) is 0 Å². The van der Waals surface area contributed by atoms with Gasteiger partial charge >= 0.3 is 6.09 Å². The summed E-state index contributed by atoms with van der Waals surface area (Å²) in [6.07, 6.45) is 1.17. The van der Waals surface area contributed by atoms with Gasteiger partial charge in [-0.2, -0.15) is 0 Å². The second kappa shape index (κ2) is 7.55. The third kappa shape index (κ3) is 6.24. The van der Waals surface area contributed by atoms with E-state index in [4.69, 9.17) is 9.47 Å². The first-order valence-electron chi connectivity index (χ1n) is 6.46. The van der Waals surface area contributed by atoms with Gasteiger partial charge in [-0.3, -0.25) is 5.43 Å². The van der Waals surface area contributed by atoms with Crippen LogP contribution in [0.15, 0.2) is 36.9 Å². The molecule has 1 aromatic carbocycles. The van der Waals surface area contributed by atoms with E-state index in [0.29, 0.717) is 13.2 Å². The molecule has 110 valence electrons. The molecule has 0 unspecified atom stereocenters. The van der Waals surface area contributed by atoms with Crippen molar-refractivity contribution < 1.29 is 14.3 Å². The van der Waals surface area contributed by atoms with E-state index in [1.807, 2.05) is 45.0 Å². The standard InChI is InChI=1S/C15H22N2O3/c1-5-10-19-13-9-7-6-8-12(13)11-16-17-14(18)20-15(2,3)4/h5-9,16H,1,10-11H2,2-4H3,(H,17,18). The van der Waals surface area contributed by atoms with Crippen molar-refractivity contribution in [2.45, 2.75) is 32.9 Å². The van der Waals surface area contributed by atoms with Gasteiger partial charge in [0, 0.05) is 12.1 Å². The van der Waals surface area contributed by atoms with Gasteiger partial charge in [0.05, 0.1) is 0 Å². The first-order valence-corrected chi connectivity index (χ1v) is 6.46. The molecule has 2 N–H and O–H groups in total. The smallest absolute Gasteiger partial charge is 0.422 e. The van der Waals surface area contributed by atoms with E-state index in [1.165, 1.54) is 0 Å². The van der Waals surface area contributed by atoms with Crippen LogP contribution in [0.3, 0.4) is 0 Å². The molecular formula is C15H22N2O3. The molecule has 1 rings (SSSR count). The van der Waals surface area contributed by atoms with Crippen molar-refractivity contribution in [3.8, 4) is 5.75 Å². The number of carbonyl (C=O) groups is 1. The molecule has 0 aliphatic carbocycles. The lowest BCUT2D eigenvalue weighted by Gasteiger charge is -2.20. The van der Waals surface area contributed by atoms with Crippen LogP contribution < -0.4 is 15.6 Å². The predicted octanol–water partition coefficient (Wildman–Crippen LogP) is 2.78. The third-order valence-corrected chi connectivity index (χ3v) is 2.20. The lowest BCUT2D eigenvalue weighted by atomic mass is 10.2. The molecule has 0 aliphatic heterocycles. The highest BCUT2D eigenvalue weighted by molar-refractivity contribution is 5.67. The number of nitrogens with one attached hydrogen (secondary N) is 2. The number of benzene rings is 1. The summed E-state index contributed by atoms with van der Waals surface area (Å²) in [6.45, 7) is 9.92. The van der Waals surface area contributed by atoms with E-state index in [1.54, 1.807) is 6.08 Å². The zero-order valence-electron chi connectivity index (χ0n) is 12.2. The van der Waals surface area contributed by atoms with Crippen LogP contribution in [0, 0.1) is 0 Å². The highest BCUT2D eigenvalue weighted by atomic mass is 16.6. The number of hydrogen-bond acceptors (Lipinski definition) is 4. The highest BCUT2D eigenvalue weighted by Gasteiger charge is 2.15. The second-order valence-electron chi connectivity index (χ2n) is 5.19. The summed E-state index contributed by atoms with van der Waals surface area (Å²) >= 11 is 0. The quantitative estimate of drug-likeness (QED) is 0.620. The van der Waals surface area contributed by atoms with Crippen molar-refractivity contribution in [1.29, 1.82) is 0 Å². The van der Waals surface area contributed by atoms with E-state index < -0.39 is 11.7 Å². The predicted molar refractivity (Wildman–Crippen MR) is 78.3 cm³/mol. The topological polar surface area (TPSA) is 59.6 Å². The zero-order chi connectivity index (χ0) is 15.0. The Balaban J connectivity index is 2.45. The monoisotopic (exact) mass is 278 g/mol. The summed E-state index contributed by atoms with van der Waals surface area (Å²) in [5.74, 6) is 0.755. The van der Waals surface area contributed by atoms with Crippen molar-refractivity contribution in [3.05, 3.63) is 42.5 Å². The molecule has 0 aromatic heterocycles. The molecule has 0 spiro atoms. The van der Waals surface area contributed by atoms with Gasteiger partial charge in [-0.05, 0) is 26.8 Å². The number of hydrogen-bond donors (Lipinski definition) is 2. The van der Waals surface area contributed by atoms with Crippen LogP contribution in [-0.2, 0) is 11.3 Å². The van der Waals surface area contributed by atoms with Crippen molar-refractivity contribution in [3.63, 3.8) is 0 Å². The molecule has 0 aliphatic rings. The normalized spacial score (nSPS) is 10.8. The summed E-state index contributed by atoms with van der Waals surface area (Å²) in [4.78, 5) is 11.5. The summed E-state index contributed by atoms with van der Waals surface area (Å²) < 4.78 is 10.6. The Morgan fingerprint density at radius 1 is 1.35 bits per heavy atom. The molecule has 0 bridgehead atoms. The summed E-state index contributed by atoms with van der Waals surface area (Å²) in [7, 11) is 0. The van der Waals surface area contributed by atoms with Crippen LogP contribution in [0.4, 0.5) is 4.79 Å². The zero-order valence-corrected chi connectivity index (χ0v) is 12.2. The molecule has 0 heterocycles. The molecule has 0 radical (unpaired) electrons. The first-order chi connectivity index (χ1) is 9.42. The Morgan fingerprint density at radius 2 is 2.05 bits per heavy atom. The molecule has 0 atom stereocenters. The molecule has 5 heteroatoms. The molecule has 1 amide bonds. The molecule has 20 heavy (non-hydrogen) atoms. The Labute approximate surface area is 119 Å². The minimum absolute atomic E-state index is 0.437. The van der Waals surface area contributed by atoms with Gasteiger partial charge in [-0.25, -0.2) is 10.2 Å². The number of rotatable bonds is 6. The summed E-state index contributed by atoms with van der Waals surface area (Å²) in [5, 5.41) is 0. The van der Waals surface area contributed by atoms with Crippen molar-refractivity contribution in [1.82, 2.24) is 10.9 Å². The minimum atomic E-state index is -0.517. The first kappa shape index (κ1) is 16.0. The van der Waals surface area contributed by atoms with Gasteiger partial charge in [-0.1, -0.05) is 30.9 Å². The lowest BCUT2D eigenvalue weighted by Crippen LogP contribution is -2.40. The van der Waals surface area contributed by atoms with E-state index in [9.17, 15) is 4.79 Å². The summed E-state index contributed by atoms with van der Waals surface area (Å²) in [5.41, 5.74) is 5.71. The third-order valence-electron chi connectivity index (χ3n) is 2.20. The van der Waals surface area contributed by atoms with Crippen molar-refractivity contribution >= 4 is 6.09 Å². The van der Waals surface area contributed by atoms with Crippen LogP contribution in [0.5, 0.6) is 5.75 Å². The van der Waals surface area contributed by atoms with Crippen LogP contribution in [0.1, 0.15) is 26.3 Å². The van der Waals surface area contributed by atoms with Gasteiger partial charge in [0.25, 0.3) is 0 Å². The maximum Gasteiger partial charge on any atom is 0.422 e. The van der Waals surface area contributed by atoms with Crippen molar-refractivity contribution in [2.75, 3.05) is 6.61 Å². The summed E-state index contributed by atoms with van der Waals surface area (Å²) in [6, 6.07) is 7.59. The fourth-order valence-corrected chi connectivity index (χ4v) is 1.45.